The zero-order valence-electron chi connectivity index (χ0n) is 16.5. The van der Waals surface area contributed by atoms with Crippen LogP contribution in [0.25, 0.3) is 11.0 Å². The quantitative estimate of drug-likeness (QED) is 0.675. The van der Waals surface area contributed by atoms with E-state index < -0.39 is 28.0 Å². The molecule has 3 rings (SSSR count). The van der Waals surface area contributed by atoms with E-state index in [-0.39, 0.29) is 23.3 Å². The van der Waals surface area contributed by atoms with Crippen molar-refractivity contribution in [2.75, 3.05) is 20.2 Å². The van der Waals surface area contributed by atoms with E-state index in [0.29, 0.717) is 30.4 Å². The molecule has 11 heteroatoms. The first-order chi connectivity index (χ1) is 13.8. The predicted molar refractivity (Wildman–Crippen MR) is 108 cm³/mol. The van der Waals surface area contributed by atoms with Gasteiger partial charge < -0.3 is 10.1 Å². The van der Waals surface area contributed by atoms with Crippen LogP contribution in [-0.4, -0.2) is 59.6 Å². The van der Waals surface area contributed by atoms with Gasteiger partial charge in [0.1, 0.15) is 22.0 Å². The molecule has 0 spiro atoms. The Morgan fingerprint density at radius 1 is 1.31 bits per heavy atom. The number of hydrogen-bond donors (Lipinski definition) is 1. The van der Waals surface area contributed by atoms with Gasteiger partial charge in [-0.1, -0.05) is 19.9 Å². The van der Waals surface area contributed by atoms with Crippen LogP contribution in [-0.2, 0) is 24.3 Å². The number of nitrogens with zero attached hydrogens (tertiary/aromatic N) is 3. The number of methoxy groups -OCH3 is 1. The number of nitrogens with one attached hydrogen (secondary N) is 1. The van der Waals surface area contributed by atoms with Crippen LogP contribution in [0.1, 0.15) is 26.7 Å². The third kappa shape index (κ3) is 4.41. The van der Waals surface area contributed by atoms with Crippen molar-refractivity contribution >= 4 is 44.7 Å². The summed E-state index contributed by atoms with van der Waals surface area (Å²) in [6.45, 7) is 3.99. The zero-order valence-corrected chi connectivity index (χ0v) is 18.1. The molecule has 158 valence electrons. The van der Waals surface area contributed by atoms with E-state index in [4.69, 9.17) is 4.74 Å². The van der Waals surface area contributed by atoms with Crippen LogP contribution in [0.15, 0.2) is 23.1 Å². The molecule has 29 heavy (non-hydrogen) atoms. The molecular weight excluding hydrogens is 416 g/mol. The Morgan fingerprint density at radius 2 is 2.07 bits per heavy atom. The maximum atomic E-state index is 13.2. The molecule has 1 aliphatic heterocycles. The monoisotopic (exact) mass is 440 g/mol. The molecule has 1 aromatic carbocycles. The fourth-order valence-electron chi connectivity index (χ4n) is 3.40. The largest absolute Gasteiger partial charge is 0.467 e. The van der Waals surface area contributed by atoms with Crippen LogP contribution in [0, 0.1) is 11.8 Å². The molecule has 0 bridgehead atoms. The molecular formula is C18H24N4O5S2. The number of amides is 1. The highest BCUT2D eigenvalue weighted by Crippen LogP contribution is 2.28. The van der Waals surface area contributed by atoms with Crippen LogP contribution in [0.3, 0.4) is 0 Å². The predicted octanol–water partition coefficient (Wildman–Crippen LogP) is 1.41. The maximum absolute atomic E-state index is 13.2. The molecule has 1 saturated heterocycles. The lowest BCUT2D eigenvalue weighted by Crippen LogP contribution is -2.51. The van der Waals surface area contributed by atoms with Crippen molar-refractivity contribution in [2.24, 2.45) is 11.8 Å². The molecule has 1 amide bonds. The summed E-state index contributed by atoms with van der Waals surface area (Å²) in [5.74, 6) is -1.55. The van der Waals surface area contributed by atoms with Crippen molar-refractivity contribution < 1.29 is 22.7 Å². The summed E-state index contributed by atoms with van der Waals surface area (Å²) in [7, 11) is -2.55. The number of rotatable bonds is 6. The summed E-state index contributed by atoms with van der Waals surface area (Å²) >= 11 is 0.959. The van der Waals surface area contributed by atoms with Gasteiger partial charge in [0.05, 0.1) is 24.8 Å². The second kappa shape index (κ2) is 8.72. The van der Waals surface area contributed by atoms with Gasteiger partial charge >= 0.3 is 5.97 Å². The number of aromatic nitrogens is 2. The molecule has 0 aliphatic carbocycles. The standard InChI is InChI=1S/C18H24N4O5S2/c1-11(2)15(18(24)27-3)19-17(23)12-6-5-9-22(10-12)29(25,26)14-8-4-7-13-16(14)21-28-20-13/h4,7-8,11-12,15H,5-6,9-10H2,1-3H3,(H,19,23)/t12-,15-/m0/s1. The molecule has 1 N–H and O–H groups in total. The lowest BCUT2D eigenvalue weighted by atomic mass is 9.97. The van der Waals surface area contributed by atoms with Crippen LogP contribution < -0.4 is 5.32 Å². The minimum Gasteiger partial charge on any atom is -0.467 e. The van der Waals surface area contributed by atoms with Crippen LogP contribution in [0.4, 0.5) is 0 Å². The number of piperidine rings is 1. The fourth-order valence-corrected chi connectivity index (χ4v) is 5.68. The van der Waals surface area contributed by atoms with E-state index >= 15 is 0 Å². The molecule has 2 heterocycles. The van der Waals surface area contributed by atoms with Crippen LogP contribution >= 0.6 is 11.7 Å². The van der Waals surface area contributed by atoms with Gasteiger partial charge in [-0.2, -0.15) is 13.1 Å². The zero-order chi connectivity index (χ0) is 21.2. The van der Waals surface area contributed by atoms with Gasteiger partial charge in [-0.05, 0) is 30.9 Å². The number of benzene rings is 1. The summed E-state index contributed by atoms with van der Waals surface area (Å²) in [6, 6.07) is 4.08. The topological polar surface area (TPSA) is 119 Å². The number of sulfonamides is 1. The number of carbonyl (C=O) groups is 2. The number of esters is 1. The Balaban J connectivity index is 1.79. The van der Waals surface area contributed by atoms with Crippen molar-refractivity contribution in [2.45, 2.75) is 37.6 Å². The van der Waals surface area contributed by atoms with Crippen LogP contribution in [0.5, 0.6) is 0 Å². The summed E-state index contributed by atoms with van der Waals surface area (Å²) in [5, 5.41) is 2.72. The highest BCUT2D eigenvalue weighted by molar-refractivity contribution is 7.89. The van der Waals surface area contributed by atoms with Gasteiger partial charge in [-0.15, -0.1) is 0 Å². The Morgan fingerprint density at radius 3 is 2.76 bits per heavy atom. The van der Waals surface area contributed by atoms with Crippen molar-refractivity contribution in [3.8, 4) is 0 Å². The normalized spacial score (nSPS) is 19.2. The average molecular weight is 441 g/mol. The first kappa shape index (κ1) is 21.6. The minimum atomic E-state index is -3.82. The Bertz CT molecular complexity index is 1000. The maximum Gasteiger partial charge on any atom is 0.328 e. The molecule has 0 unspecified atom stereocenters. The van der Waals surface area contributed by atoms with Gasteiger partial charge in [0.2, 0.25) is 15.9 Å². The van der Waals surface area contributed by atoms with E-state index in [2.05, 4.69) is 14.1 Å². The molecule has 0 radical (unpaired) electrons. The van der Waals surface area contributed by atoms with E-state index in [1.165, 1.54) is 17.5 Å². The smallest absolute Gasteiger partial charge is 0.328 e. The van der Waals surface area contributed by atoms with Gasteiger partial charge in [-0.3, -0.25) is 4.79 Å². The van der Waals surface area contributed by atoms with E-state index in [1.54, 1.807) is 12.1 Å². The van der Waals surface area contributed by atoms with Crippen molar-refractivity contribution in [3.05, 3.63) is 18.2 Å². The summed E-state index contributed by atoms with van der Waals surface area (Å²) in [5.41, 5.74) is 0.870. The molecule has 1 fully saturated rings. The lowest BCUT2D eigenvalue weighted by Gasteiger charge is -2.32. The second-order valence-corrected chi connectivity index (χ2v) is 9.78. The van der Waals surface area contributed by atoms with E-state index in [0.717, 1.165) is 11.7 Å². The minimum absolute atomic E-state index is 0.0497. The first-order valence-electron chi connectivity index (χ1n) is 9.35. The summed E-state index contributed by atoms with van der Waals surface area (Å²) in [4.78, 5) is 24.8. The Hall–Kier alpha value is -2.11. The van der Waals surface area contributed by atoms with Crippen molar-refractivity contribution in [1.82, 2.24) is 18.4 Å². The molecule has 1 aliphatic rings. The van der Waals surface area contributed by atoms with Gasteiger partial charge in [0.25, 0.3) is 0 Å². The Labute approximate surface area is 173 Å². The number of carbonyl (C=O) groups excluding carboxylic acids is 2. The highest BCUT2D eigenvalue weighted by Gasteiger charge is 2.36. The SMILES string of the molecule is COC(=O)[C@@H](NC(=O)[C@H]1CCCN(S(=O)(=O)c2cccc3nsnc23)C1)C(C)C. The first-order valence-corrected chi connectivity index (χ1v) is 11.5. The fraction of sp³-hybridized carbons (Fsp3) is 0.556. The third-order valence-electron chi connectivity index (χ3n) is 5.04. The van der Waals surface area contributed by atoms with Gasteiger partial charge in [0, 0.05) is 13.1 Å². The molecule has 9 nitrogen and oxygen atoms in total. The van der Waals surface area contributed by atoms with Crippen molar-refractivity contribution in [3.63, 3.8) is 0 Å². The summed E-state index contributed by atoms with van der Waals surface area (Å²) in [6.07, 6.45) is 1.10. The van der Waals surface area contributed by atoms with Crippen LogP contribution in [0.2, 0.25) is 0 Å². The second-order valence-electron chi connectivity index (χ2n) is 7.34. The lowest BCUT2D eigenvalue weighted by molar-refractivity contribution is -0.147. The molecule has 2 aromatic rings. The van der Waals surface area contributed by atoms with Gasteiger partial charge in [-0.25, -0.2) is 13.2 Å². The highest BCUT2D eigenvalue weighted by atomic mass is 32.2. The molecule has 1 aromatic heterocycles. The van der Waals surface area contributed by atoms with Crippen molar-refractivity contribution in [1.29, 1.82) is 0 Å². The molecule has 2 atom stereocenters. The molecule has 0 saturated carbocycles. The third-order valence-corrected chi connectivity index (χ3v) is 7.48. The summed E-state index contributed by atoms with van der Waals surface area (Å²) < 4.78 is 40.7. The average Bonchev–Trinajstić information content (AvgIpc) is 3.19. The number of fused-ring (bicyclic) bond motifs is 1. The Kier molecular flexibility index (Phi) is 6.49. The van der Waals surface area contributed by atoms with Gasteiger partial charge in [0.15, 0.2) is 0 Å². The number of ether oxygens (including phenoxy) is 1. The van der Waals surface area contributed by atoms with E-state index in [1.807, 2.05) is 13.8 Å². The van der Waals surface area contributed by atoms with E-state index in [9.17, 15) is 18.0 Å². The number of hydrogen-bond acceptors (Lipinski definition) is 8.